The van der Waals surface area contributed by atoms with Gasteiger partial charge in [-0.2, -0.15) is 0 Å². The number of rotatable bonds is 2. The molecule has 0 spiro atoms. The summed E-state index contributed by atoms with van der Waals surface area (Å²) in [5.74, 6) is 0. The third-order valence-corrected chi connectivity index (χ3v) is 16.9. The number of hydrogen-bond donors (Lipinski definition) is 0. The fourth-order valence-electron chi connectivity index (χ4n) is 3.14. The number of hydrogen-bond acceptors (Lipinski definition) is 0. The first-order valence-electron chi connectivity index (χ1n) is 7.33. The van der Waals surface area contributed by atoms with Gasteiger partial charge in [-0.25, -0.2) is 0 Å². The van der Waals surface area contributed by atoms with E-state index in [0.717, 1.165) is 0 Å². The van der Waals surface area contributed by atoms with Gasteiger partial charge in [0.05, 0.1) is 0 Å². The van der Waals surface area contributed by atoms with Gasteiger partial charge in [0.2, 0.25) is 0 Å². The summed E-state index contributed by atoms with van der Waals surface area (Å²) in [5, 5.41) is 6.56. The second kappa shape index (κ2) is 7.76. The predicted octanol–water partition coefficient (Wildman–Crippen LogP) is 5.61. The van der Waals surface area contributed by atoms with Crippen molar-refractivity contribution in [2.24, 2.45) is 0 Å². The predicted molar refractivity (Wildman–Crippen MR) is 73.3 cm³/mol. The molecule has 0 atom stereocenters. The van der Waals surface area contributed by atoms with Gasteiger partial charge >= 0.3 is 99.5 Å². The average Bonchev–Trinajstić information content (AvgIpc) is 2.33. The molecule has 0 radical (unpaired) electrons. The maximum atomic E-state index is 2.49. The first-order chi connectivity index (χ1) is 7.33. The molecular weight excluding hydrogens is 241 g/mol. The molecule has 0 nitrogen and oxygen atoms in total. The van der Waals surface area contributed by atoms with Crippen molar-refractivity contribution in [2.45, 2.75) is 86.2 Å². The molecule has 1 aliphatic rings. The summed E-state index contributed by atoms with van der Waals surface area (Å²) in [7, 11) is 0. The second-order valence-electron chi connectivity index (χ2n) is 5.54. The molecule has 1 rings (SSSR count). The van der Waals surface area contributed by atoms with E-state index in [1.165, 1.54) is 38.5 Å². The topological polar surface area (TPSA) is 0 Å². The fourth-order valence-corrected chi connectivity index (χ4v) is 11.9. The van der Waals surface area contributed by atoms with E-state index in [1.54, 1.807) is 33.9 Å². The van der Waals surface area contributed by atoms with Gasteiger partial charge in [0.25, 0.3) is 0 Å². The van der Waals surface area contributed by atoms with Crippen LogP contribution in [0.25, 0.3) is 0 Å². The summed E-state index contributed by atoms with van der Waals surface area (Å²) >= 11 is -1.32. The van der Waals surface area contributed by atoms with E-state index in [0.29, 0.717) is 0 Å². The summed E-state index contributed by atoms with van der Waals surface area (Å²) < 4.78 is 0. The van der Waals surface area contributed by atoms with E-state index in [4.69, 9.17) is 0 Å². The molecule has 1 aliphatic heterocycles. The van der Waals surface area contributed by atoms with Gasteiger partial charge in [0.15, 0.2) is 0 Å². The van der Waals surface area contributed by atoms with Crippen LogP contribution in [0.5, 0.6) is 0 Å². The minimum atomic E-state index is -1.32. The van der Waals surface area contributed by atoms with Crippen molar-refractivity contribution in [1.82, 2.24) is 0 Å². The molecule has 1 heterocycles. The minimum absolute atomic E-state index is 1.32. The van der Waals surface area contributed by atoms with Crippen LogP contribution in [0.2, 0.25) is 21.0 Å². The van der Waals surface area contributed by atoms with Crippen LogP contribution in [0.4, 0.5) is 0 Å². The van der Waals surface area contributed by atoms with Gasteiger partial charge in [-0.15, -0.1) is 0 Å². The fraction of sp³-hybridized carbons (Fsp3) is 1.00. The Kier molecular flexibility index (Phi) is 7.04. The standard InChI is InChI=1S/C14H30Ge/c1-3-15(4-2)13-11-9-7-5-6-8-10-12-14-15/h3-14H2,1-2H3. The Bertz CT molecular complexity index is 135. The van der Waals surface area contributed by atoms with Crippen molar-refractivity contribution >= 4 is 13.3 Å². The molecule has 0 aromatic heterocycles. The Labute approximate surface area is 99.6 Å². The van der Waals surface area contributed by atoms with Crippen molar-refractivity contribution in [3.8, 4) is 0 Å². The summed E-state index contributed by atoms with van der Waals surface area (Å²) in [6.45, 7) is 4.98. The van der Waals surface area contributed by atoms with E-state index in [2.05, 4.69) is 13.8 Å². The summed E-state index contributed by atoms with van der Waals surface area (Å²) in [4.78, 5) is 0. The molecule has 0 aromatic carbocycles. The van der Waals surface area contributed by atoms with Crippen molar-refractivity contribution < 1.29 is 0 Å². The summed E-state index contributed by atoms with van der Waals surface area (Å²) in [6, 6.07) is 0. The maximum absolute atomic E-state index is 2.49. The van der Waals surface area contributed by atoms with Gasteiger partial charge in [0, 0.05) is 0 Å². The molecule has 0 saturated carbocycles. The van der Waals surface area contributed by atoms with E-state index in [9.17, 15) is 0 Å². The zero-order valence-corrected chi connectivity index (χ0v) is 13.1. The molecule has 1 heteroatoms. The average molecular weight is 271 g/mol. The first-order valence-corrected chi connectivity index (χ1v) is 13.3. The Morgan fingerprint density at radius 2 is 0.933 bits per heavy atom. The van der Waals surface area contributed by atoms with E-state index in [1.807, 2.05) is 0 Å². The van der Waals surface area contributed by atoms with Crippen LogP contribution in [0.15, 0.2) is 0 Å². The zero-order valence-electron chi connectivity index (χ0n) is 11.0. The van der Waals surface area contributed by atoms with Crippen molar-refractivity contribution in [3.63, 3.8) is 0 Å². The van der Waals surface area contributed by atoms with Crippen LogP contribution in [0, 0.1) is 0 Å². The van der Waals surface area contributed by atoms with E-state index >= 15 is 0 Å². The monoisotopic (exact) mass is 272 g/mol. The molecule has 90 valence electrons. The van der Waals surface area contributed by atoms with Crippen molar-refractivity contribution in [3.05, 3.63) is 0 Å². The molecule has 0 bridgehead atoms. The van der Waals surface area contributed by atoms with Gasteiger partial charge in [-0.05, 0) is 0 Å². The quantitative estimate of drug-likeness (QED) is 0.572. The molecule has 1 saturated heterocycles. The van der Waals surface area contributed by atoms with Crippen LogP contribution in [-0.2, 0) is 0 Å². The van der Waals surface area contributed by atoms with Crippen LogP contribution < -0.4 is 0 Å². The Morgan fingerprint density at radius 1 is 0.600 bits per heavy atom. The third-order valence-electron chi connectivity index (χ3n) is 4.66. The molecule has 0 amide bonds. The van der Waals surface area contributed by atoms with Crippen molar-refractivity contribution in [1.29, 1.82) is 0 Å². The zero-order chi connectivity index (χ0) is 11.0. The van der Waals surface area contributed by atoms with Crippen molar-refractivity contribution in [2.75, 3.05) is 0 Å². The summed E-state index contributed by atoms with van der Waals surface area (Å²) in [6.07, 6.45) is 12.3. The van der Waals surface area contributed by atoms with Gasteiger partial charge in [-0.1, -0.05) is 0 Å². The SMILES string of the molecule is C[CH2][Ge]1([CH2]C)[CH2]CCCCCCCC[CH2]1. The molecule has 1 fully saturated rings. The van der Waals surface area contributed by atoms with Gasteiger partial charge < -0.3 is 0 Å². The Morgan fingerprint density at radius 3 is 1.27 bits per heavy atom. The van der Waals surface area contributed by atoms with E-state index in [-0.39, 0.29) is 0 Å². The van der Waals surface area contributed by atoms with Crippen LogP contribution in [0.1, 0.15) is 65.2 Å². The molecule has 0 unspecified atom stereocenters. The molecule has 15 heavy (non-hydrogen) atoms. The van der Waals surface area contributed by atoms with Crippen LogP contribution >= 0.6 is 0 Å². The van der Waals surface area contributed by atoms with Gasteiger partial charge in [0.1, 0.15) is 0 Å². The summed E-state index contributed by atoms with van der Waals surface area (Å²) in [5.41, 5.74) is 0. The first kappa shape index (κ1) is 13.6. The molecular formula is C14H30Ge. The molecule has 0 N–H and O–H groups in total. The Hall–Kier alpha value is 0.543. The van der Waals surface area contributed by atoms with Crippen LogP contribution in [-0.4, -0.2) is 13.3 Å². The van der Waals surface area contributed by atoms with Gasteiger partial charge in [-0.3, -0.25) is 0 Å². The molecule has 0 aliphatic carbocycles. The molecule has 0 aromatic rings. The second-order valence-corrected chi connectivity index (χ2v) is 16.9. The van der Waals surface area contributed by atoms with E-state index < -0.39 is 13.3 Å². The Balaban J connectivity index is 2.44. The normalized spacial score (nSPS) is 24.4. The van der Waals surface area contributed by atoms with Crippen LogP contribution in [0.3, 0.4) is 0 Å². The third kappa shape index (κ3) is 4.93.